The van der Waals surface area contributed by atoms with Crippen LogP contribution in [0.15, 0.2) is 0 Å². The van der Waals surface area contributed by atoms with Gasteiger partial charge in [0.15, 0.2) is 0 Å². The lowest BCUT2D eigenvalue weighted by Gasteiger charge is -2.57. The van der Waals surface area contributed by atoms with Gasteiger partial charge in [0, 0.05) is 45.3 Å². The van der Waals surface area contributed by atoms with E-state index in [1.54, 1.807) is 0 Å². The van der Waals surface area contributed by atoms with Gasteiger partial charge in [-0.25, -0.2) is 4.39 Å². The van der Waals surface area contributed by atoms with E-state index in [-0.39, 0.29) is 0 Å². The Morgan fingerprint density at radius 2 is 1.37 bits per heavy atom. The monoisotopic (exact) mass is 421 g/mol. The smallest absolute Gasteiger partial charge is 0.124 e. The first-order chi connectivity index (χ1) is 14.3. The summed E-state index contributed by atoms with van der Waals surface area (Å²) in [5.41, 5.74) is 0.0625. The highest BCUT2D eigenvalue weighted by Crippen LogP contribution is 2.58. The quantitative estimate of drug-likeness (QED) is 0.506. The Morgan fingerprint density at radius 1 is 0.767 bits per heavy atom. The molecule has 2 aliphatic heterocycles. The van der Waals surface area contributed by atoms with Gasteiger partial charge in [0.05, 0.1) is 0 Å². The predicted octanol–water partition coefficient (Wildman–Crippen LogP) is 5.20. The van der Waals surface area contributed by atoms with Gasteiger partial charge in [-0.3, -0.25) is 9.80 Å². The number of halogens is 1. The van der Waals surface area contributed by atoms with E-state index in [9.17, 15) is 0 Å². The van der Waals surface area contributed by atoms with Crippen molar-refractivity contribution in [2.24, 2.45) is 16.7 Å². The zero-order valence-electron chi connectivity index (χ0n) is 20.4. The molecule has 174 valence electrons. The van der Waals surface area contributed by atoms with Gasteiger partial charge in [0.25, 0.3) is 0 Å². The molecule has 4 rings (SSSR count). The summed E-state index contributed by atoms with van der Waals surface area (Å²) in [7, 11) is 0. The van der Waals surface area contributed by atoms with Crippen LogP contribution in [0.25, 0.3) is 0 Å². The molecule has 0 aromatic carbocycles. The number of piperazine rings is 1. The van der Waals surface area contributed by atoms with Crippen LogP contribution in [0.4, 0.5) is 4.39 Å². The third kappa shape index (κ3) is 5.23. The molecule has 1 spiro atoms. The number of likely N-dealkylation sites (tertiary alicyclic amines) is 1. The van der Waals surface area contributed by atoms with Crippen LogP contribution in [0.5, 0.6) is 0 Å². The van der Waals surface area contributed by atoms with E-state index < -0.39 is 5.67 Å². The molecule has 0 aromatic heterocycles. The van der Waals surface area contributed by atoms with Gasteiger partial charge in [-0.1, -0.05) is 27.2 Å². The Kier molecular flexibility index (Phi) is 6.88. The minimum Gasteiger partial charge on any atom is -0.303 e. The third-order valence-corrected chi connectivity index (χ3v) is 9.42. The molecule has 2 unspecified atom stereocenters. The highest BCUT2D eigenvalue weighted by Gasteiger charge is 2.56. The average molecular weight is 422 g/mol. The lowest BCUT2D eigenvalue weighted by Crippen LogP contribution is -2.60. The van der Waals surface area contributed by atoms with Gasteiger partial charge in [0.1, 0.15) is 5.67 Å². The fourth-order valence-corrected chi connectivity index (χ4v) is 6.93. The molecule has 4 fully saturated rings. The van der Waals surface area contributed by atoms with Gasteiger partial charge in [-0.2, -0.15) is 0 Å². The molecule has 2 aliphatic carbocycles. The standard InChI is InChI=1S/C26H48FN3/c1-5-22(3)17-24(7-8-24)20-28-11-9-25(10-12-28)18-26(27,19-25)21-29-13-15-30(16-14-29)23(4)6-2/h22-23H,5-21H2,1-4H3. The normalized spacial score (nSPS) is 30.7. The number of hydrogen-bond acceptors (Lipinski definition) is 3. The van der Waals surface area contributed by atoms with Crippen molar-refractivity contribution >= 4 is 0 Å². The summed E-state index contributed by atoms with van der Waals surface area (Å²) in [6, 6.07) is 0.670. The zero-order valence-corrected chi connectivity index (χ0v) is 20.4. The minimum absolute atomic E-state index is 0.331. The van der Waals surface area contributed by atoms with Gasteiger partial charge in [-0.15, -0.1) is 0 Å². The van der Waals surface area contributed by atoms with E-state index in [0.717, 1.165) is 44.9 Å². The predicted molar refractivity (Wildman–Crippen MR) is 125 cm³/mol. The molecule has 0 aromatic rings. The van der Waals surface area contributed by atoms with Crippen molar-refractivity contribution in [1.82, 2.24) is 14.7 Å². The average Bonchev–Trinajstić information content (AvgIpc) is 3.47. The molecule has 0 N–H and O–H groups in total. The van der Waals surface area contributed by atoms with E-state index in [2.05, 4.69) is 42.4 Å². The lowest BCUT2D eigenvalue weighted by molar-refractivity contribution is -0.117. The van der Waals surface area contributed by atoms with Crippen molar-refractivity contribution in [3.8, 4) is 0 Å². The van der Waals surface area contributed by atoms with Crippen molar-refractivity contribution in [3.63, 3.8) is 0 Å². The van der Waals surface area contributed by atoms with Gasteiger partial charge in [0.2, 0.25) is 0 Å². The molecular formula is C26H48FN3. The van der Waals surface area contributed by atoms with Crippen LogP contribution in [0, 0.1) is 16.7 Å². The number of rotatable bonds is 9. The van der Waals surface area contributed by atoms with Crippen LogP contribution in [0.3, 0.4) is 0 Å². The van der Waals surface area contributed by atoms with Crippen molar-refractivity contribution in [2.45, 2.75) is 97.2 Å². The van der Waals surface area contributed by atoms with E-state index in [0.29, 0.717) is 23.4 Å². The topological polar surface area (TPSA) is 9.72 Å². The summed E-state index contributed by atoms with van der Waals surface area (Å²) in [5, 5.41) is 0. The molecule has 30 heavy (non-hydrogen) atoms. The van der Waals surface area contributed by atoms with Crippen LogP contribution >= 0.6 is 0 Å². The number of alkyl halides is 1. The molecule has 0 bridgehead atoms. The molecule has 2 saturated heterocycles. The Morgan fingerprint density at radius 3 is 1.90 bits per heavy atom. The summed E-state index contributed by atoms with van der Waals surface area (Å²) in [6.45, 7) is 18.1. The van der Waals surface area contributed by atoms with E-state index in [1.807, 2.05) is 0 Å². The second-order valence-corrected chi connectivity index (χ2v) is 12.1. The molecule has 0 amide bonds. The summed E-state index contributed by atoms with van der Waals surface area (Å²) in [5.74, 6) is 0.870. The fourth-order valence-electron chi connectivity index (χ4n) is 6.93. The van der Waals surface area contributed by atoms with Crippen LogP contribution in [0.2, 0.25) is 0 Å². The van der Waals surface area contributed by atoms with Crippen molar-refractivity contribution in [2.75, 3.05) is 52.4 Å². The van der Waals surface area contributed by atoms with E-state index in [1.165, 1.54) is 64.6 Å². The highest BCUT2D eigenvalue weighted by molar-refractivity contribution is 5.08. The maximum Gasteiger partial charge on any atom is 0.124 e. The Bertz CT molecular complexity index is 551. The maximum absolute atomic E-state index is 15.5. The maximum atomic E-state index is 15.5. The fraction of sp³-hybridized carbons (Fsp3) is 1.00. The molecular weight excluding hydrogens is 373 g/mol. The first kappa shape index (κ1) is 23.0. The number of hydrogen-bond donors (Lipinski definition) is 0. The van der Waals surface area contributed by atoms with Crippen LogP contribution in [0.1, 0.15) is 85.5 Å². The van der Waals surface area contributed by atoms with Crippen molar-refractivity contribution < 1.29 is 4.39 Å². The van der Waals surface area contributed by atoms with Crippen LogP contribution in [-0.4, -0.2) is 78.8 Å². The third-order valence-electron chi connectivity index (χ3n) is 9.42. The second kappa shape index (κ2) is 8.98. The SMILES string of the molecule is CCC(C)CC1(CN2CCC3(CC2)CC(F)(CN2CCN(C(C)CC)CC2)C3)CC1. The molecule has 4 heteroatoms. The Hall–Kier alpha value is -0.190. The van der Waals surface area contributed by atoms with E-state index >= 15 is 4.39 Å². The number of nitrogens with zero attached hydrogens (tertiary/aromatic N) is 3. The van der Waals surface area contributed by atoms with E-state index in [4.69, 9.17) is 0 Å². The number of piperidine rings is 1. The van der Waals surface area contributed by atoms with Gasteiger partial charge < -0.3 is 4.90 Å². The van der Waals surface area contributed by atoms with Crippen molar-refractivity contribution in [3.05, 3.63) is 0 Å². The first-order valence-corrected chi connectivity index (χ1v) is 13.2. The summed E-state index contributed by atoms with van der Waals surface area (Å²) < 4.78 is 15.5. The molecule has 3 nitrogen and oxygen atoms in total. The Balaban J connectivity index is 1.18. The van der Waals surface area contributed by atoms with Crippen LogP contribution < -0.4 is 0 Å². The molecule has 0 radical (unpaired) electrons. The van der Waals surface area contributed by atoms with Gasteiger partial charge >= 0.3 is 0 Å². The molecule has 2 atom stereocenters. The molecule has 2 heterocycles. The highest BCUT2D eigenvalue weighted by atomic mass is 19.1. The summed E-state index contributed by atoms with van der Waals surface area (Å²) >= 11 is 0. The summed E-state index contributed by atoms with van der Waals surface area (Å²) in [6.07, 6.45) is 11.0. The largest absolute Gasteiger partial charge is 0.303 e. The van der Waals surface area contributed by atoms with Gasteiger partial charge in [-0.05, 0) is 88.1 Å². The zero-order chi connectivity index (χ0) is 21.4. The molecule has 2 saturated carbocycles. The second-order valence-electron chi connectivity index (χ2n) is 12.1. The molecule has 4 aliphatic rings. The lowest BCUT2D eigenvalue weighted by atomic mass is 9.55. The van der Waals surface area contributed by atoms with Crippen molar-refractivity contribution in [1.29, 1.82) is 0 Å². The Labute approximate surface area is 185 Å². The van der Waals surface area contributed by atoms with Crippen LogP contribution in [-0.2, 0) is 0 Å². The first-order valence-electron chi connectivity index (χ1n) is 13.2. The minimum atomic E-state index is -0.908. The summed E-state index contributed by atoms with van der Waals surface area (Å²) in [4.78, 5) is 7.72.